The Bertz CT molecular complexity index is 825. The molecule has 23 heavy (non-hydrogen) atoms. The molecular weight excluding hydrogens is 290 g/mol. The number of nitrogens with zero attached hydrogens (tertiary/aromatic N) is 4. The summed E-state index contributed by atoms with van der Waals surface area (Å²) in [5.41, 5.74) is 5.19. The Kier molecular flexibility index (Phi) is 4.42. The van der Waals surface area contributed by atoms with E-state index in [0.29, 0.717) is 12.2 Å². The fourth-order valence-electron chi connectivity index (χ4n) is 2.26. The number of hydrogen-bond acceptors (Lipinski definition) is 4. The Balaban J connectivity index is 1.60. The third kappa shape index (κ3) is 3.60. The lowest BCUT2D eigenvalue weighted by molar-refractivity contribution is -0.124. The second kappa shape index (κ2) is 6.83. The molecule has 0 aliphatic heterocycles. The number of para-hydroxylation sites is 2. The lowest BCUT2D eigenvalue weighted by Crippen LogP contribution is -2.28. The van der Waals surface area contributed by atoms with Gasteiger partial charge in [0.15, 0.2) is 0 Å². The fourth-order valence-corrected chi connectivity index (χ4v) is 2.26. The van der Waals surface area contributed by atoms with Crippen molar-refractivity contribution in [3.05, 3.63) is 60.7 Å². The monoisotopic (exact) mass is 307 g/mol. The average molecular weight is 307 g/mol. The van der Waals surface area contributed by atoms with E-state index in [1.165, 1.54) is 6.21 Å². The molecule has 1 aromatic carbocycles. The number of pyridine rings is 1. The summed E-state index contributed by atoms with van der Waals surface area (Å²) in [6, 6.07) is 13.4. The number of amides is 1. The van der Waals surface area contributed by atoms with Gasteiger partial charge in [-0.3, -0.25) is 9.78 Å². The molecule has 116 valence electrons. The predicted molar refractivity (Wildman–Crippen MR) is 88.9 cm³/mol. The van der Waals surface area contributed by atoms with E-state index in [1.54, 1.807) is 12.5 Å². The molecule has 3 aromatic rings. The zero-order chi connectivity index (χ0) is 16.1. The lowest BCUT2D eigenvalue weighted by atomic mass is 10.1. The number of carbonyl (C=O) groups is 1. The first-order chi connectivity index (χ1) is 11.2. The summed E-state index contributed by atoms with van der Waals surface area (Å²) in [6.07, 6.45) is 4.96. The highest BCUT2D eigenvalue weighted by Crippen LogP contribution is 2.13. The molecule has 0 aliphatic rings. The van der Waals surface area contributed by atoms with Gasteiger partial charge in [-0.05, 0) is 24.3 Å². The molecule has 6 nitrogen and oxygen atoms in total. The molecule has 0 unspecified atom stereocenters. The zero-order valence-electron chi connectivity index (χ0n) is 12.8. The Morgan fingerprint density at radius 2 is 2.09 bits per heavy atom. The summed E-state index contributed by atoms with van der Waals surface area (Å²) in [6.45, 7) is 2.41. The predicted octanol–water partition coefficient (Wildman–Crippen LogP) is 2.22. The topological polar surface area (TPSA) is 72.2 Å². The number of carbonyl (C=O) groups excluding carboxylic acids is 1. The summed E-state index contributed by atoms with van der Waals surface area (Å²) >= 11 is 0. The first-order valence-electron chi connectivity index (χ1n) is 7.38. The van der Waals surface area contributed by atoms with Crippen molar-refractivity contribution in [2.24, 2.45) is 11.0 Å². The first kappa shape index (κ1) is 14.9. The van der Waals surface area contributed by atoms with Crippen molar-refractivity contribution in [1.82, 2.24) is 20.0 Å². The molecule has 1 amide bonds. The molecule has 0 aliphatic carbocycles. The van der Waals surface area contributed by atoms with Gasteiger partial charge in [0, 0.05) is 12.7 Å². The summed E-state index contributed by atoms with van der Waals surface area (Å²) < 4.78 is 1.97. The Hall–Kier alpha value is -3.02. The van der Waals surface area contributed by atoms with E-state index < -0.39 is 0 Å². The Labute approximate surface area is 133 Å². The molecule has 1 atom stereocenters. The maximum absolute atomic E-state index is 12.1. The largest absolute Gasteiger partial charge is 0.330 e. The minimum atomic E-state index is -0.228. The molecule has 0 fully saturated rings. The van der Waals surface area contributed by atoms with Crippen LogP contribution in [0, 0.1) is 5.92 Å². The average Bonchev–Trinajstić information content (AvgIpc) is 2.99. The van der Waals surface area contributed by atoms with Gasteiger partial charge in [0.2, 0.25) is 5.91 Å². The van der Waals surface area contributed by atoms with Crippen LogP contribution in [0.4, 0.5) is 0 Å². The van der Waals surface area contributed by atoms with Gasteiger partial charge in [-0.15, -0.1) is 0 Å². The van der Waals surface area contributed by atoms with E-state index in [1.807, 2.05) is 54.0 Å². The van der Waals surface area contributed by atoms with Crippen LogP contribution in [0.25, 0.3) is 11.0 Å². The molecule has 0 bridgehead atoms. The third-order valence-electron chi connectivity index (χ3n) is 3.50. The van der Waals surface area contributed by atoms with Gasteiger partial charge < -0.3 is 4.57 Å². The van der Waals surface area contributed by atoms with E-state index in [-0.39, 0.29) is 11.8 Å². The Morgan fingerprint density at radius 3 is 2.91 bits per heavy atom. The third-order valence-corrected chi connectivity index (χ3v) is 3.50. The summed E-state index contributed by atoms with van der Waals surface area (Å²) in [4.78, 5) is 20.5. The zero-order valence-corrected chi connectivity index (χ0v) is 12.8. The molecule has 0 radical (unpaired) electrons. The first-order valence-corrected chi connectivity index (χ1v) is 7.38. The summed E-state index contributed by atoms with van der Waals surface area (Å²) in [7, 11) is 0. The molecule has 3 rings (SSSR count). The molecule has 6 heteroatoms. The number of nitrogens with one attached hydrogen (secondary N) is 1. The highest BCUT2D eigenvalue weighted by molar-refractivity contribution is 5.82. The highest BCUT2D eigenvalue weighted by Gasteiger charge is 2.14. The smallest absolute Gasteiger partial charge is 0.244 e. The molecular formula is C17H17N5O. The van der Waals surface area contributed by atoms with Crippen molar-refractivity contribution < 1.29 is 4.79 Å². The van der Waals surface area contributed by atoms with Gasteiger partial charge in [-0.1, -0.05) is 25.1 Å². The number of rotatable bonds is 5. The number of imidazole rings is 1. The van der Waals surface area contributed by atoms with Gasteiger partial charge in [-0.25, -0.2) is 10.4 Å². The van der Waals surface area contributed by atoms with Gasteiger partial charge in [0.05, 0.1) is 35.2 Å². The van der Waals surface area contributed by atoms with Crippen LogP contribution >= 0.6 is 0 Å². The molecule has 0 saturated carbocycles. The van der Waals surface area contributed by atoms with Crippen LogP contribution in [-0.2, 0) is 11.3 Å². The van der Waals surface area contributed by atoms with Gasteiger partial charge in [0.25, 0.3) is 0 Å². The van der Waals surface area contributed by atoms with Crippen molar-refractivity contribution in [2.45, 2.75) is 13.5 Å². The highest BCUT2D eigenvalue weighted by atomic mass is 16.2. The van der Waals surface area contributed by atoms with E-state index in [4.69, 9.17) is 0 Å². The van der Waals surface area contributed by atoms with Gasteiger partial charge in [-0.2, -0.15) is 5.10 Å². The minimum Gasteiger partial charge on any atom is -0.330 e. The van der Waals surface area contributed by atoms with Gasteiger partial charge in [0.1, 0.15) is 0 Å². The van der Waals surface area contributed by atoms with E-state index in [9.17, 15) is 4.79 Å². The number of aromatic nitrogens is 3. The minimum absolute atomic E-state index is 0.144. The quantitative estimate of drug-likeness (QED) is 0.580. The maximum Gasteiger partial charge on any atom is 0.244 e. The van der Waals surface area contributed by atoms with Crippen LogP contribution in [0.1, 0.15) is 12.6 Å². The standard InChI is InChI=1S/C17H17N5O/c1-13(11-22-12-19-15-7-2-3-8-16(15)22)17(23)21-20-10-14-6-4-5-9-18-14/h2-10,12-13H,11H2,1H3,(H,21,23)/b20-10-/t13-/m0/s1. The molecule has 0 spiro atoms. The van der Waals surface area contributed by atoms with Crippen LogP contribution in [0.15, 0.2) is 60.1 Å². The van der Waals surface area contributed by atoms with Crippen molar-refractivity contribution in [2.75, 3.05) is 0 Å². The molecule has 2 heterocycles. The van der Waals surface area contributed by atoms with Crippen LogP contribution in [0.3, 0.4) is 0 Å². The van der Waals surface area contributed by atoms with Crippen LogP contribution in [0.5, 0.6) is 0 Å². The number of hydrogen-bond donors (Lipinski definition) is 1. The van der Waals surface area contributed by atoms with Crippen molar-refractivity contribution in [3.8, 4) is 0 Å². The maximum atomic E-state index is 12.1. The SMILES string of the molecule is C[C@@H](Cn1cnc2ccccc21)C(=O)N/N=C\c1ccccn1. The normalized spacial score (nSPS) is 12.6. The summed E-state index contributed by atoms with van der Waals surface area (Å²) in [5.74, 6) is -0.372. The number of fused-ring (bicyclic) bond motifs is 1. The van der Waals surface area contributed by atoms with Crippen LogP contribution in [0.2, 0.25) is 0 Å². The van der Waals surface area contributed by atoms with Crippen molar-refractivity contribution >= 4 is 23.2 Å². The second-order valence-corrected chi connectivity index (χ2v) is 5.28. The molecule has 1 N–H and O–H groups in total. The second-order valence-electron chi connectivity index (χ2n) is 5.28. The lowest BCUT2D eigenvalue weighted by Gasteiger charge is -2.11. The van der Waals surface area contributed by atoms with Crippen molar-refractivity contribution in [3.63, 3.8) is 0 Å². The fraction of sp³-hybridized carbons (Fsp3) is 0.176. The molecule has 0 saturated heterocycles. The van der Waals surface area contributed by atoms with E-state index in [2.05, 4.69) is 20.5 Å². The van der Waals surface area contributed by atoms with Crippen LogP contribution in [-0.4, -0.2) is 26.7 Å². The number of hydrazone groups is 1. The Morgan fingerprint density at radius 1 is 1.26 bits per heavy atom. The molecule has 2 aromatic heterocycles. The van der Waals surface area contributed by atoms with Crippen molar-refractivity contribution in [1.29, 1.82) is 0 Å². The summed E-state index contributed by atoms with van der Waals surface area (Å²) in [5, 5.41) is 3.94. The van der Waals surface area contributed by atoms with Crippen LogP contribution < -0.4 is 5.43 Å². The van der Waals surface area contributed by atoms with E-state index in [0.717, 1.165) is 11.0 Å². The number of benzene rings is 1. The van der Waals surface area contributed by atoms with E-state index >= 15 is 0 Å². The van der Waals surface area contributed by atoms with Gasteiger partial charge >= 0.3 is 0 Å².